The van der Waals surface area contributed by atoms with E-state index in [1.165, 1.54) is 0 Å². The van der Waals surface area contributed by atoms with Crippen LogP contribution in [0.1, 0.15) is 22.8 Å². The molecule has 0 aromatic heterocycles. The molecule has 0 saturated carbocycles. The predicted molar refractivity (Wildman–Crippen MR) is 52.1 cm³/mol. The average Bonchev–Trinajstić information content (AvgIpc) is 2.16. The van der Waals surface area contributed by atoms with Gasteiger partial charge in [0, 0.05) is 0 Å². The molecule has 1 aromatic carbocycles. The summed E-state index contributed by atoms with van der Waals surface area (Å²) in [6, 6.07) is 3.60. The van der Waals surface area contributed by atoms with Crippen molar-refractivity contribution in [1.82, 2.24) is 0 Å². The van der Waals surface area contributed by atoms with E-state index in [2.05, 4.69) is 0 Å². The smallest absolute Gasteiger partial charge is 0.341 e. The van der Waals surface area contributed by atoms with Crippen LogP contribution in [0, 0.1) is 17.1 Å². The molecule has 0 bridgehead atoms. The van der Waals surface area contributed by atoms with Gasteiger partial charge < -0.3 is 4.74 Å². The van der Waals surface area contributed by atoms with Gasteiger partial charge in [-0.05, 0) is 19.1 Å². The van der Waals surface area contributed by atoms with Crippen LogP contribution in [-0.4, -0.2) is 12.6 Å². The van der Waals surface area contributed by atoms with Gasteiger partial charge in [0.25, 0.3) is 0 Å². The second-order valence-corrected chi connectivity index (χ2v) is 3.05. The number of nitriles is 1. The van der Waals surface area contributed by atoms with Gasteiger partial charge in [0.15, 0.2) is 0 Å². The molecule has 0 amide bonds. The minimum atomic E-state index is -0.723. The van der Waals surface area contributed by atoms with Crippen molar-refractivity contribution in [3.63, 3.8) is 0 Å². The highest BCUT2D eigenvalue weighted by molar-refractivity contribution is 6.33. The first-order valence-electron chi connectivity index (χ1n) is 4.16. The molecule has 0 fully saturated rings. The maximum absolute atomic E-state index is 12.9. The number of halogens is 2. The zero-order valence-corrected chi connectivity index (χ0v) is 8.64. The number of benzene rings is 1. The van der Waals surface area contributed by atoms with Crippen molar-refractivity contribution < 1.29 is 13.9 Å². The molecule has 3 nitrogen and oxygen atoms in total. The van der Waals surface area contributed by atoms with Crippen LogP contribution in [0.25, 0.3) is 0 Å². The van der Waals surface area contributed by atoms with E-state index in [1.54, 1.807) is 13.0 Å². The standard InChI is InChI=1S/C10H7ClFNO2/c1-2-15-10(14)9-6(5-13)3-7(12)4-8(9)11/h3-4H,2H2,1H3. The molecule has 0 aliphatic carbocycles. The number of hydrogen-bond acceptors (Lipinski definition) is 3. The highest BCUT2D eigenvalue weighted by Gasteiger charge is 2.18. The Kier molecular flexibility index (Phi) is 3.64. The highest BCUT2D eigenvalue weighted by atomic mass is 35.5. The Balaban J connectivity index is 3.28. The summed E-state index contributed by atoms with van der Waals surface area (Å²) in [7, 11) is 0. The minimum Gasteiger partial charge on any atom is -0.462 e. The van der Waals surface area contributed by atoms with E-state index in [1.807, 2.05) is 0 Å². The van der Waals surface area contributed by atoms with Gasteiger partial charge >= 0.3 is 5.97 Å². The fraction of sp³-hybridized carbons (Fsp3) is 0.200. The van der Waals surface area contributed by atoms with Gasteiger partial charge in [0.1, 0.15) is 11.9 Å². The molecule has 1 rings (SSSR count). The molecule has 5 heteroatoms. The molecule has 0 saturated heterocycles. The summed E-state index contributed by atoms with van der Waals surface area (Å²) in [4.78, 5) is 11.4. The summed E-state index contributed by atoms with van der Waals surface area (Å²) in [6.07, 6.45) is 0. The third-order valence-electron chi connectivity index (χ3n) is 1.66. The van der Waals surface area contributed by atoms with E-state index in [0.717, 1.165) is 12.1 Å². The molecule has 0 heterocycles. The first-order chi connectivity index (χ1) is 7.10. The number of ether oxygens (including phenoxy) is 1. The molecule has 0 atom stereocenters. The molecule has 0 spiro atoms. The van der Waals surface area contributed by atoms with Gasteiger partial charge in [-0.1, -0.05) is 11.6 Å². The zero-order valence-electron chi connectivity index (χ0n) is 7.88. The van der Waals surface area contributed by atoms with Gasteiger partial charge in [-0.2, -0.15) is 5.26 Å². The minimum absolute atomic E-state index is 0.0950. The normalized spacial score (nSPS) is 9.47. The summed E-state index contributed by atoms with van der Waals surface area (Å²) in [5.41, 5.74) is -0.221. The van der Waals surface area contributed by atoms with Crippen LogP contribution >= 0.6 is 11.6 Å². The van der Waals surface area contributed by atoms with Crippen molar-refractivity contribution in [1.29, 1.82) is 5.26 Å². The predicted octanol–water partition coefficient (Wildman–Crippen LogP) is 2.53. The molecular formula is C10H7ClFNO2. The summed E-state index contributed by atoms with van der Waals surface area (Å²) < 4.78 is 17.6. The molecule has 0 unspecified atom stereocenters. The topological polar surface area (TPSA) is 50.1 Å². The lowest BCUT2D eigenvalue weighted by atomic mass is 10.1. The molecular weight excluding hydrogens is 221 g/mol. The second kappa shape index (κ2) is 4.76. The number of carbonyl (C=O) groups excluding carboxylic acids is 1. The largest absolute Gasteiger partial charge is 0.462 e. The van der Waals surface area contributed by atoms with Gasteiger partial charge in [0.05, 0.1) is 22.8 Å². The maximum Gasteiger partial charge on any atom is 0.341 e. The van der Waals surface area contributed by atoms with Crippen LogP contribution in [0.15, 0.2) is 12.1 Å². The van der Waals surface area contributed by atoms with E-state index < -0.39 is 11.8 Å². The van der Waals surface area contributed by atoms with E-state index >= 15 is 0 Å². The summed E-state index contributed by atoms with van der Waals surface area (Å²) in [6.45, 7) is 1.79. The van der Waals surface area contributed by atoms with E-state index in [0.29, 0.717) is 0 Å². The maximum atomic E-state index is 12.9. The Bertz CT molecular complexity index is 440. The van der Waals surface area contributed by atoms with E-state index in [-0.39, 0.29) is 22.8 Å². The Morgan fingerprint density at radius 3 is 2.87 bits per heavy atom. The van der Waals surface area contributed by atoms with Crippen molar-refractivity contribution in [2.75, 3.05) is 6.61 Å². The summed E-state index contributed by atoms with van der Waals surface area (Å²) in [5, 5.41) is 8.58. The van der Waals surface area contributed by atoms with Crippen LogP contribution in [-0.2, 0) is 4.74 Å². The van der Waals surface area contributed by atoms with Gasteiger partial charge in [0.2, 0.25) is 0 Å². The fourth-order valence-corrected chi connectivity index (χ4v) is 1.36. The molecule has 78 valence electrons. The lowest BCUT2D eigenvalue weighted by Crippen LogP contribution is -2.08. The molecule has 0 N–H and O–H groups in total. The number of rotatable bonds is 2. The Morgan fingerprint density at radius 2 is 2.33 bits per heavy atom. The highest BCUT2D eigenvalue weighted by Crippen LogP contribution is 2.22. The Labute approximate surface area is 91.0 Å². The number of carbonyl (C=O) groups is 1. The Hall–Kier alpha value is -1.60. The van der Waals surface area contributed by atoms with Crippen molar-refractivity contribution in [3.8, 4) is 6.07 Å². The molecule has 15 heavy (non-hydrogen) atoms. The second-order valence-electron chi connectivity index (χ2n) is 2.64. The van der Waals surface area contributed by atoms with Crippen molar-refractivity contribution in [3.05, 3.63) is 34.1 Å². The number of esters is 1. The van der Waals surface area contributed by atoms with E-state index in [4.69, 9.17) is 21.6 Å². The summed E-state index contributed by atoms with van der Waals surface area (Å²) >= 11 is 5.65. The Morgan fingerprint density at radius 1 is 1.67 bits per heavy atom. The zero-order chi connectivity index (χ0) is 11.4. The van der Waals surface area contributed by atoms with Crippen molar-refractivity contribution in [2.45, 2.75) is 6.92 Å². The van der Waals surface area contributed by atoms with Crippen LogP contribution < -0.4 is 0 Å². The molecule has 0 aliphatic rings. The quantitative estimate of drug-likeness (QED) is 0.730. The number of nitrogens with zero attached hydrogens (tertiary/aromatic N) is 1. The van der Waals surface area contributed by atoms with Gasteiger partial charge in [-0.3, -0.25) is 0 Å². The summed E-state index contributed by atoms with van der Waals surface area (Å²) in [5.74, 6) is -1.39. The van der Waals surface area contributed by atoms with Crippen LogP contribution in [0.2, 0.25) is 5.02 Å². The van der Waals surface area contributed by atoms with Crippen LogP contribution in [0.3, 0.4) is 0 Å². The van der Waals surface area contributed by atoms with Gasteiger partial charge in [-0.25, -0.2) is 9.18 Å². The SMILES string of the molecule is CCOC(=O)c1c(Cl)cc(F)cc1C#N. The van der Waals surface area contributed by atoms with Crippen molar-refractivity contribution in [2.24, 2.45) is 0 Å². The monoisotopic (exact) mass is 227 g/mol. The lowest BCUT2D eigenvalue weighted by molar-refractivity contribution is 0.0526. The molecule has 0 aliphatic heterocycles. The molecule has 1 aromatic rings. The van der Waals surface area contributed by atoms with Crippen LogP contribution in [0.5, 0.6) is 0 Å². The first kappa shape index (κ1) is 11.5. The van der Waals surface area contributed by atoms with E-state index in [9.17, 15) is 9.18 Å². The number of hydrogen-bond donors (Lipinski definition) is 0. The average molecular weight is 228 g/mol. The van der Waals surface area contributed by atoms with Crippen LogP contribution in [0.4, 0.5) is 4.39 Å². The van der Waals surface area contributed by atoms with Gasteiger partial charge in [-0.15, -0.1) is 0 Å². The first-order valence-corrected chi connectivity index (χ1v) is 4.54. The third kappa shape index (κ3) is 2.45. The molecule has 0 radical (unpaired) electrons. The lowest BCUT2D eigenvalue weighted by Gasteiger charge is -2.05. The fourth-order valence-electron chi connectivity index (χ4n) is 1.07. The van der Waals surface area contributed by atoms with Crippen molar-refractivity contribution >= 4 is 17.6 Å². The third-order valence-corrected chi connectivity index (χ3v) is 1.95.